The highest BCUT2D eigenvalue weighted by molar-refractivity contribution is 7.13. The highest BCUT2D eigenvalue weighted by atomic mass is 32.1. The summed E-state index contributed by atoms with van der Waals surface area (Å²) in [6, 6.07) is 12.6. The van der Waals surface area contributed by atoms with Crippen LogP contribution in [0.1, 0.15) is 36.0 Å². The molecule has 30 heavy (non-hydrogen) atoms. The Bertz CT molecular complexity index is 1020. The Hall–Kier alpha value is -2.81. The van der Waals surface area contributed by atoms with Gasteiger partial charge in [-0.15, -0.1) is 11.3 Å². The van der Waals surface area contributed by atoms with E-state index in [0.29, 0.717) is 6.42 Å². The molecule has 1 aliphatic carbocycles. The zero-order valence-corrected chi connectivity index (χ0v) is 16.9. The number of amides is 1. The molecule has 1 saturated carbocycles. The van der Waals surface area contributed by atoms with Crippen LogP contribution < -0.4 is 10.1 Å². The standard InChI is InChI=1S/C21H20F3N3O2S/c1-12(17-7-8-18(30-17)29-11-21(22,23)24)26-20(28)15-9-14(15)19-25-10-16(27-19)13-5-3-2-4-6-13/h2-8,10,12,14-15H,9,11H2,1H3,(H,25,27)(H,26,28)/t12?,14-,15-/m0/s1. The van der Waals surface area contributed by atoms with Gasteiger partial charge in [0.2, 0.25) is 5.91 Å². The van der Waals surface area contributed by atoms with Gasteiger partial charge in [-0.25, -0.2) is 4.98 Å². The van der Waals surface area contributed by atoms with Gasteiger partial charge in [-0.1, -0.05) is 30.3 Å². The first-order valence-electron chi connectivity index (χ1n) is 9.50. The van der Waals surface area contributed by atoms with Crippen molar-refractivity contribution >= 4 is 17.2 Å². The smallest absolute Gasteiger partial charge is 0.422 e. The SMILES string of the molecule is CC(NC(=O)[C@H]1C[C@@H]1c1nc(-c2ccccc2)c[nH]1)c1ccc(OCC(F)(F)F)s1. The van der Waals surface area contributed by atoms with Crippen molar-refractivity contribution in [3.63, 3.8) is 0 Å². The molecule has 5 nitrogen and oxygen atoms in total. The Morgan fingerprint density at radius 3 is 2.80 bits per heavy atom. The van der Waals surface area contributed by atoms with Gasteiger partial charge in [0.1, 0.15) is 5.82 Å². The van der Waals surface area contributed by atoms with Crippen molar-refractivity contribution in [3.8, 4) is 16.3 Å². The summed E-state index contributed by atoms with van der Waals surface area (Å²) in [5.74, 6) is 0.587. The Kier molecular flexibility index (Phi) is 5.55. The third-order valence-corrected chi connectivity index (χ3v) is 6.09. The number of halogens is 3. The van der Waals surface area contributed by atoms with E-state index in [9.17, 15) is 18.0 Å². The molecule has 2 N–H and O–H groups in total. The molecule has 0 radical (unpaired) electrons. The van der Waals surface area contributed by atoms with Gasteiger partial charge in [-0.3, -0.25) is 4.79 Å². The van der Waals surface area contributed by atoms with Crippen LogP contribution in [0.25, 0.3) is 11.3 Å². The Balaban J connectivity index is 1.31. The molecular weight excluding hydrogens is 415 g/mol. The van der Waals surface area contributed by atoms with E-state index in [1.54, 1.807) is 13.0 Å². The molecule has 3 atom stereocenters. The van der Waals surface area contributed by atoms with Crippen LogP contribution in [0.5, 0.6) is 5.06 Å². The summed E-state index contributed by atoms with van der Waals surface area (Å²) in [5, 5.41) is 3.11. The molecule has 2 heterocycles. The van der Waals surface area contributed by atoms with Crippen LogP contribution in [0.15, 0.2) is 48.7 Å². The number of carbonyl (C=O) groups excluding carboxylic acids is 1. The van der Waals surface area contributed by atoms with Crippen LogP contribution in [0.3, 0.4) is 0 Å². The zero-order chi connectivity index (χ0) is 21.3. The molecular formula is C21H20F3N3O2S. The summed E-state index contributed by atoms with van der Waals surface area (Å²) < 4.78 is 41.5. The monoisotopic (exact) mass is 435 g/mol. The van der Waals surface area contributed by atoms with E-state index in [0.717, 1.165) is 33.3 Å². The minimum absolute atomic E-state index is 0.0451. The summed E-state index contributed by atoms with van der Waals surface area (Å²) in [6.07, 6.45) is -1.82. The van der Waals surface area contributed by atoms with Crippen molar-refractivity contribution in [1.82, 2.24) is 15.3 Å². The van der Waals surface area contributed by atoms with E-state index in [-0.39, 0.29) is 28.8 Å². The molecule has 1 aliphatic rings. The molecule has 2 aromatic heterocycles. The van der Waals surface area contributed by atoms with Gasteiger partial charge >= 0.3 is 6.18 Å². The predicted octanol–water partition coefficient (Wildman–Crippen LogP) is 5.06. The lowest BCUT2D eigenvalue weighted by Crippen LogP contribution is -2.28. The predicted molar refractivity (Wildman–Crippen MR) is 107 cm³/mol. The number of aromatic amines is 1. The topological polar surface area (TPSA) is 67.0 Å². The molecule has 0 aliphatic heterocycles. The van der Waals surface area contributed by atoms with Crippen molar-refractivity contribution in [2.45, 2.75) is 31.5 Å². The molecule has 4 rings (SSSR count). The van der Waals surface area contributed by atoms with Crippen LogP contribution in [0.2, 0.25) is 0 Å². The first-order valence-corrected chi connectivity index (χ1v) is 10.3. The van der Waals surface area contributed by atoms with Crippen molar-refractivity contribution in [2.75, 3.05) is 6.61 Å². The number of thiophene rings is 1. The molecule has 1 fully saturated rings. The van der Waals surface area contributed by atoms with E-state index >= 15 is 0 Å². The first kappa shape index (κ1) is 20.5. The van der Waals surface area contributed by atoms with Gasteiger partial charge in [0.15, 0.2) is 11.7 Å². The number of H-pyrrole nitrogens is 1. The molecule has 3 aromatic rings. The Morgan fingerprint density at radius 2 is 2.07 bits per heavy atom. The van der Waals surface area contributed by atoms with Crippen molar-refractivity contribution in [1.29, 1.82) is 0 Å². The quantitative estimate of drug-likeness (QED) is 0.545. The summed E-state index contributed by atoms with van der Waals surface area (Å²) in [7, 11) is 0. The van der Waals surface area contributed by atoms with Crippen LogP contribution in [0, 0.1) is 5.92 Å². The number of hydrogen-bond donors (Lipinski definition) is 2. The molecule has 1 aromatic carbocycles. The van der Waals surface area contributed by atoms with E-state index in [4.69, 9.17) is 4.74 Å². The maximum absolute atomic E-state index is 12.6. The van der Waals surface area contributed by atoms with Crippen LogP contribution in [-0.2, 0) is 4.79 Å². The number of nitrogens with zero attached hydrogens (tertiary/aromatic N) is 1. The Morgan fingerprint density at radius 1 is 1.30 bits per heavy atom. The minimum Gasteiger partial charge on any atom is -0.475 e. The number of carbonyl (C=O) groups is 1. The molecule has 9 heteroatoms. The lowest BCUT2D eigenvalue weighted by molar-refractivity contribution is -0.152. The summed E-state index contributed by atoms with van der Waals surface area (Å²) in [4.78, 5) is 21.1. The second-order valence-corrected chi connectivity index (χ2v) is 8.35. The summed E-state index contributed by atoms with van der Waals surface area (Å²) in [6.45, 7) is 0.473. The second-order valence-electron chi connectivity index (χ2n) is 7.28. The number of hydrogen-bond acceptors (Lipinski definition) is 4. The number of imidazole rings is 1. The largest absolute Gasteiger partial charge is 0.475 e. The lowest BCUT2D eigenvalue weighted by atomic mass is 10.2. The van der Waals surface area contributed by atoms with Crippen LogP contribution >= 0.6 is 11.3 Å². The Labute approximate surface area is 175 Å². The maximum atomic E-state index is 12.6. The van der Waals surface area contributed by atoms with Gasteiger partial charge in [0.25, 0.3) is 0 Å². The van der Waals surface area contributed by atoms with Crippen molar-refractivity contribution in [2.24, 2.45) is 5.92 Å². The molecule has 0 bridgehead atoms. The first-order chi connectivity index (χ1) is 14.3. The highest BCUT2D eigenvalue weighted by Crippen LogP contribution is 2.47. The minimum atomic E-state index is -4.38. The number of rotatable bonds is 7. The van der Waals surface area contributed by atoms with E-state index in [1.807, 2.05) is 36.5 Å². The van der Waals surface area contributed by atoms with Gasteiger partial charge < -0.3 is 15.0 Å². The third kappa shape index (κ3) is 4.84. The van der Waals surface area contributed by atoms with Crippen LogP contribution in [-0.4, -0.2) is 28.7 Å². The fraction of sp³-hybridized carbons (Fsp3) is 0.333. The number of benzene rings is 1. The second kappa shape index (κ2) is 8.14. The maximum Gasteiger partial charge on any atom is 0.422 e. The van der Waals surface area contributed by atoms with Gasteiger partial charge in [-0.2, -0.15) is 13.2 Å². The molecule has 0 saturated heterocycles. The number of aromatic nitrogens is 2. The summed E-state index contributed by atoms with van der Waals surface area (Å²) in [5.41, 5.74) is 1.85. The van der Waals surface area contributed by atoms with Gasteiger partial charge in [0, 0.05) is 28.5 Å². The highest BCUT2D eigenvalue weighted by Gasteiger charge is 2.46. The van der Waals surface area contributed by atoms with Crippen molar-refractivity contribution < 1.29 is 22.7 Å². The summed E-state index contributed by atoms with van der Waals surface area (Å²) >= 11 is 1.10. The normalized spacial score (nSPS) is 19.3. The van der Waals surface area contributed by atoms with E-state index in [2.05, 4.69) is 15.3 Å². The van der Waals surface area contributed by atoms with Crippen molar-refractivity contribution in [3.05, 3.63) is 59.4 Å². The number of ether oxygens (including phenoxy) is 1. The average Bonchev–Trinajstić information content (AvgIpc) is 3.14. The molecule has 158 valence electrons. The van der Waals surface area contributed by atoms with Gasteiger partial charge in [0.05, 0.1) is 11.7 Å². The van der Waals surface area contributed by atoms with E-state index in [1.165, 1.54) is 6.07 Å². The van der Waals surface area contributed by atoms with Crippen LogP contribution in [0.4, 0.5) is 13.2 Å². The van der Waals surface area contributed by atoms with Gasteiger partial charge in [-0.05, 0) is 25.5 Å². The molecule has 1 unspecified atom stereocenters. The fourth-order valence-electron chi connectivity index (χ4n) is 3.26. The average molecular weight is 435 g/mol. The zero-order valence-electron chi connectivity index (χ0n) is 16.1. The molecule has 0 spiro atoms. The number of alkyl halides is 3. The fourth-order valence-corrected chi connectivity index (χ4v) is 4.12. The lowest BCUT2D eigenvalue weighted by Gasteiger charge is -2.12. The van der Waals surface area contributed by atoms with E-state index < -0.39 is 12.8 Å². The third-order valence-electron chi connectivity index (χ3n) is 4.91. The number of nitrogens with one attached hydrogen (secondary N) is 2. The molecule has 1 amide bonds.